The number of rotatable bonds is 3. The molecule has 1 rings (SSSR count). The van der Waals surface area contributed by atoms with Gasteiger partial charge in [-0.2, -0.15) is 0 Å². The van der Waals surface area contributed by atoms with Gasteiger partial charge in [0.05, 0.1) is 0 Å². The Morgan fingerprint density at radius 3 is 2.50 bits per heavy atom. The monoisotopic (exact) mass is 257 g/mol. The molecule has 0 aliphatic carbocycles. The molecule has 0 amide bonds. The third-order valence-electron chi connectivity index (χ3n) is 1.86. The molecule has 0 saturated heterocycles. The average Bonchev–Trinajstić information content (AvgIpc) is 2.08. The molecule has 0 bridgehead atoms. The van der Waals surface area contributed by atoms with Crippen molar-refractivity contribution in [2.24, 2.45) is 0 Å². The molecule has 0 heterocycles. The Kier molecular flexibility index (Phi) is 3.16. The predicted octanol–water partition coefficient (Wildman–Crippen LogP) is 2.72. The molecule has 0 aromatic heterocycles. The van der Waals surface area contributed by atoms with E-state index in [-0.39, 0.29) is 0 Å². The van der Waals surface area contributed by atoms with Crippen molar-refractivity contribution in [1.82, 2.24) is 0 Å². The summed E-state index contributed by atoms with van der Waals surface area (Å²) in [6.45, 7) is 3.24. The van der Waals surface area contributed by atoms with Crippen LogP contribution in [-0.2, 0) is 4.79 Å². The zero-order chi connectivity index (χ0) is 10.8. The fraction of sp³-hybridized carbons (Fsp3) is 0.300. The SMILES string of the molecule is CC(C)(Nc1ccccc1Br)C(=O)O. The molecule has 1 aromatic rings. The lowest BCUT2D eigenvalue weighted by atomic mass is 10.1. The van der Waals surface area contributed by atoms with Gasteiger partial charge in [-0.05, 0) is 41.9 Å². The van der Waals surface area contributed by atoms with Crippen molar-refractivity contribution >= 4 is 27.6 Å². The number of aliphatic carboxylic acids is 1. The van der Waals surface area contributed by atoms with E-state index in [9.17, 15) is 4.79 Å². The summed E-state index contributed by atoms with van der Waals surface area (Å²) in [6.07, 6.45) is 0. The lowest BCUT2D eigenvalue weighted by molar-refractivity contribution is -0.141. The number of benzene rings is 1. The fourth-order valence-electron chi connectivity index (χ4n) is 0.953. The maximum absolute atomic E-state index is 10.9. The van der Waals surface area contributed by atoms with E-state index >= 15 is 0 Å². The molecule has 4 heteroatoms. The van der Waals surface area contributed by atoms with Gasteiger partial charge < -0.3 is 10.4 Å². The van der Waals surface area contributed by atoms with Crippen molar-refractivity contribution < 1.29 is 9.90 Å². The highest BCUT2D eigenvalue weighted by molar-refractivity contribution is 9.10. The highest BCUT2D eigenvalue weighted by Crippen LogP contribution is 2.24. The number of nitrogens with one attached hydrogen (secondary N) is 1. The minimum Gasteiger partial charge on any atom is -0.480 e. The highest BCUT2D eigenvalue weighted by Gasteiger charge is 2.26. The molecule has 0 atom stereocenters. The molecule has 14 heavy (non-hydrogen) atoms. The summed E-state index contributed by atoms with van der Waals surface area (Å²) in [5, 5.41) is 11.9. The topological polar surface area (TPSA) is 49.3 Å². The van der Waals surface area contributed by atoms with Crippen LogP contribution in [-0.4, -0.2) is 16.6 Å². The van der Waals surface area contributed by atoms with Gasteiger partial charge in [0.1, 0.15) is 5.54 Å². The van der Waals surface area contributed by atoms with Crippen molar-refractivity contribution in [3.05, 3.63) is 28.7 Å². The molecule has 3 nitrogen and oxygen atoms in total. The van der Waals surface area contributed by atoms with Crippen molar-refractivity contribution in [3.63, 3.8) is 0 Å². The van der Waals surface area contributed by atoms with E-state index in [4.69, 9.17) is 5.11 Å². The first-order chi connectivity index (χ1) is 6.43. The van der Waals surface area contributed by atoms with E-state index in [0.29, 0.717) is 0 Å². The summed E-state index contributed by atoms with van der Waals surface area (Å²) >= 11 is 3.34. The van der Waals surface area contributed by atoms with E-state index in [1.165, 1.54) is 0 Å². The number of hydrogen-bond acceptors (Lipinski definition) is 2. The van der Waals surface area contributed by atoms with Crippen molar-refractivity contribution in [2.75, 3.05) is 5.32 Å². The van der Waals surface area contributed by atoms with Crippen molar-refractivity contribution in [2.45, 2.75) is 19.4 Å². The standard InChI is InChI=1S/C10H12BrNO2/c1-10(2,9(13)14)12-8-6-4-3-5-7(8)11/h3-6,12H,1-2H3,(H,13,14). The molecule has 0 spiro atoms. The number of carboxylic acids is 1. The van der Waals surface area contributed by atoms with E-state index in [1.54, 1.807) is 13.8 Å². The van der Waals surface area contributed by atoms with Gasteiger partial charge in [-0.1, -0.05) is 12.1 Å². The molecule has 0 aliphatic rings. The molecule has 76 valence electrons. The zero-order valence-corrected chi connectivity index (χ0v) is 9.63. The Morgan fingerprint density at radius 2 is 2.00 bits per heavy atom. The Balaban J connectivity index is 2.89. The molecule has 1 aromatic carbocycles. The first-order valence-corrected chi connectivity index (χ1v) is 4.99. The average molecular weight is 258 g/mol. The number of halogens is 1. The van der Waals surface area contributed by atoms with Crippen LogP contribution in [0.2, 0.25) is 0 Å². The van der Waals surface area contributed by atoms with Crippen LogP contribution in [0.4, 0.5) is 5.69 Å². The summed E-state index contributed by atoms with van der Waals surface area (Å²) in [5.41, 5.74) is -0.191. The van der Waals surface area contributed by atoms with Crippen LogP contribution < -0.4 is 5.32 Å². The van der Waals surface area contributed by atoms with Gasteiger partial charge in [-0.15, -0.1) is 0 Å². The molecule has 0 unspecified atom stereocenters. The van der Waals surface area contributed by atoms with Gasteiger partial charge in [-0.25, -0.2) is 4.79 Å². The summed E-state index contributed by atoms with van der Waals surface area (Å²) < 4.78 is 0.856. The van der Waals surface area contributed by atoms with Crippen LogP contribution in [0.1, 0.15) is 13.8 Å². The second-order valence-corrected chi connectivity index (χ2v) is 4.39. The van der Waals surface area contributed by atoms with E-state index in [1.807, 2.05) is 24.3 Å². The van der Waals surface area contributed by atoms with Crippen LogP contribution in [0.15, 0.2) is 28.7 Å². The Hall–Kier alpha value is -1.03. The Bertz CT molecular complexity index is 350. The fourth-order valence-corrected chi connectivity index (χ4v) is 1.34. The lowest BCUT2D eigenvalue weighted by Gasteiger charge is -2.23. The minimum atomic E-state index is -0.968. The molecule has 0 radical (unpaired) electrons. The van der Waals surface area contributed by atoms with E-state index < -0.39 is 11.5 Å². The zero-order valence-electron chi connectivity index (χ0n) is 8.04. The summed E-state index contributed by atoms with van der Waals surface area (Å²) in [5.74, 6) is -0.881. The van der Waals surface area contributed by atoms with E-state index in [0.717, 1.165) is 10.2 Å². The van der Waals surface area contributed by atoms with Gasteiger partial charge >= 0.3 is 5.97 Å². The Labute approximate surface area is 91.3 Å². The maximum Gasteiger partial charge on any atom is 0.328 e. The molecular weight excluding hydrogens is 246 g/mol. The lowest BCUT2D eigenvalue weighted by Crippen LogP contribution is -2.40. The summed E-state index contributed by atoms with van der Waals surface area (Å²) in [6, 6.07) is 7.42. The third kappa shape index (κ3) is 2.48. The summed E-state index contributed by atoms with van der Waals surface area (Å²) in [7, 11) is 0. The van der Waals surface area contributed by atoms with Gasteiger partial charge in [0, 0.05) is 10.2 Å². The van der Waals surface area contributed by atoms with Crippen LogP contribution in [0.25, 0.3) is 0 Å². The smallest absolute Gasteiger partial charge is 0.328 e. The number of hydrogen-bond donors (Lipinski definition) is 2. The highest BCUT2D eigenvalue weighted by atomic mass is 79.9. The quantitative estimate of drug-likeness (QED) is 0.876. The summed E-state index contributed by atoms with van der Waals surface area (Å²) in [4.78, 5) is 10.9. The third-order valence-corrected chi connectivity index (χ3v) is 2.55. The number of anilines is 1. The van der Waals surface area contributed by atoms with Gasteiger partial charge in [0.25, 0.3) is 0 Å². The van der Waals surface area contributed by atoms with Crippen molar-refractivity contribution in [1.29, 1.82) is 0 Å². The second kappa shape index (κ2) is 4.00. The molecule has 0 aliphatic heterocycles. The molecule has 0 saturated carbocycles. The maximum atomic E-state index is 10.9. The second-order valence-electron chi connectivity index (χ2n) is 3.53. The Morgan fingerprint density at radius 1 is 1.43 bits per heavy atom. The number of para-hydroxylation sites is 1. The molecule has 2 N–H and O–H groups in total. The number of carboxylic acid groups (broad SMARTS) is 1. The van der Waals surface area contributed by atoms with Crippen LogP contribution in [0, 0.1) is 0 Å². The predicted molar refractivity (Wildman–Crippen MR) is 59.5 cm³/mol. The minimum absolute atomic E-state index is 0.778. The van der Waals surface area contributed by atoms with Gasteiger partial charge in [0.15, 0.2) is 0 Å². The largest absolute Gasteiger partial charge is 0.480 e. The van der Waals surface area contributed by atoms with Crippen molar-refractivity contribution in [3.8, 4) is 0 Å². The van der Waals surface area contributed by atoms with Crippen LogP contribution in [0.5, 0.6) is 0 Å². The van der Waals surface area contributed by atoms with Crippen LogP contribution in [0.3, 0.4) is 0 Å². The number of carbonyl (C=O) groups is 1. The first kappa shape index (κ1) is 11.0. The van der Waals surface area contributed by atoms with Gasteiger partial charge in [-0.3, -0.25) is 0 Å². The molecule has 0 fully saturated rings. The normalized spacial score (nSPS) is 11.1. The van der Waals surface area contributed by atoms with Gasteiger partial charge in [0.2, 0.25) is 0 Å². The molecular formula is C10H12BrNO2. The first-order valence-electron chi connectivity index (χ1n) is 4.19. The van der Waals surface area contributed by atoms with E-state index in [2.05, 4.69) is 21.2 Å². The van der Waals surface area contributed by atoms with Crippen LogP contribution >= 0.6 is 15.9 Å².